The van der Waals surface area contributed by atoms with Crippen LogP contribution in [0.15, 0.2) is 22.7 Å². The predicted octanol–water partition coefficient (Wildman–Crippen LogP) is 5.11. The van der Waals surface area contributed by atoms with Gasteiger partial charge in [-0.05, 0) is 40.0 Å². The van der Waals surface area contributed by atoms with Crippen molar-refractivity contribution in [3.05, 3.63) is 33.3 Å². The average molecular weight is 304 g/mol. The third kappa shape index (κ3) is 3.60. The Morgan fingerprint density at radius 2 is 2.00 bits per heavy atom. The zero-order valence-corrected chi connectivity index (χ0v) is 11.9. The molecule has 0 aliphatic heterocycles. The third-order valence-electron chi connectivity index (χ3n) is 2.87. The molecule has 0 aliphatic carbocycles. The fraction of sp³-hybridized carbons (Fsp3) is 0.462. The maximum atomic E-state index is 12.0. The molecule has 0 atom stereocenters. The van der Waals surface area contributed by atoms with E-state index in [0.717, 1.165) is 22.9 Å². The van der Waals surface area contributed by atoms with Gasteiger partial charge in [0.2, 0.25) is 0 Å². The lowest BCUT2D eigenvalue weighted by molar-refractivity contribution is 0.0958. The van der Waals surface area contributed by atoms with Gasteiger partial charge in [-0.1, -0.05) is 38.3 Å². The zero-order valence-electron chi connectivity index (χ0n) is 9.59. The first kappa shape index (κ1) is 13.7. The first-order valence-corrected chi connectivity index (χ1v) is 6.73. The Kier molecular flexibility index (Phi) is 5.50. The highest BCUT2D eigenvalue weighted by Gasteiger charge is 2.13. The summed E-state index contributed by atoms with van der Waals surface area (Å²) in [7, 11) is 0. The molecule has 1 rings (SSSR count). The van der Waals surface area contributed by atoms with Crippen LogP contribution in [0.2, 0.25) is 5.02 Å². The Morgan fingerprint density at radius 3 is 2.50 bits per heavy atom. The molecule has 1 nitrogen and oxygen atoms in total. The van der Waals surface area contributed by atoms with Crippen LogP contribution in [0.3, 0.4) is 0 Å². The van der Waals surface area contributed by atoms with Gasteiger partial charge in [0.1, 0.15) is 0 Å². The minimum absolute atomic E-state index is 0.200. The van der Waals surface area contributed by atoms with E-state index in [0.29, 0.717) is 17.4 Å². The first-order chi connectivity index (χ1) is 7.58. The topological polar surface area (TPSA) is 17.1 Å². The Hall–Kier alpha value is -0.340. The molecule has 0 spiro atoms. The molecule has 0 fully saturated rings. The van der Waals surface area contributed by atoms with E-state index in [4.69, 9.17) is 11.6 Å². The van der Waals surface area contributed by atoms with Crippen LogP contribution in [0, 0.1) is 5.92 Å². The van der Waals surface area contributed by atoms with Crippen LogP contribution >= 0.6 is 27.5 Å². The van der Waals surface area contributed by atoms with Gasteiger partial charge in [0, 0.05) is 16.5 Å². The molecule has 0 aliphatic rings. The number of carbonyl (C=O) groups excluding carboxylic acids is 1. The highest BCUT2D eigenvalue weighted by molar-refractivity contribution is 9.10. The van der Waals surface area contributed by atoms with Gasteiger partial charge in [0.25, 0.3) is 0 Å². The maximum absolute atomic E-state index is 12.0. The summed E-state index contributed by atoms with van der Waals surface area (Å²) in [6.07, 6.45) is 2.73. The number of rotatable bonds is 5. The lowest BCUT2D eigenvalue weighted by Crippen LogP contribution is -2.07. The largest absolute Gasteiger partial charge is 0.294 e. The molecule has 1 aromatic rings. The van der Waals surface area contributed by atoms with Crippen molar-refractivity contribution in [2.24, 2.45) is 5.92 Å². The van der Waals surface area contributed by atoms with Crippen molar-refractivity contribution in [2.45, 2.75) is 33.1 Å². The number of carbonyl (C=O) groups is 1. The van der Waals surface area contributed by atoms with Crippen LogP contribution in [-0.2, 0) is 0 Å². The van der Waals surface area contributed by atoms with E-state index < -0.39 is 0 Å². The summed E-state index contributed by atoms with van der Waals surface area (Å²) in [6, 6.07) is 5.34. The summed E-state index contributed by atoms with van der Waals surface area (Å²) in [5.74, 6) is 0.688. The summed E-state index contributed by atoms with van der Waals surface area (Å²) in [6.45, 7) is 4.25. The second kappa shape index (κ2) is 6.41. The van der Waals surface area contributed by atoms with Crippen molar-refractivity contribution in [1.82, 2.24) is 0 Å². The van der Waals surface area contributed by atoms with Gasteiger partial charge >= 0.3 is 0 Å². The zero-order chi connectivity index (χ0) is 12.1. The molecule has 88 valence electrons. The highest BCUT2D eigenvalue weighted by atomic mass is 79.9. The Bertz CT molecular complexity index is 372. The molecule has 0 unspecified atom stereocenters. The van der Waals surface area contributed by atoms with Crippen molar-refractivity contribution >= 4 is 33.3 Å². The molecule has 0 saturated carbocycles. The Morgan fingerprint density at radius 1 is 1.38 bits per heavy atom. The van der Waals surface area contributed by atoms with Crippen molar-refractivity contribution in [1.29, 1.82) is 0 Å². The third-order valence-corrected chi connectivity index (χ3v) is 4.08. The SMILES string of the molecule is CCC(CC)CC(=O)c1ccc(Cl)c(Br)c1. The molecule has 0 radical (unpaired) electrons. The molecule has 3 heteroatoms. The second-order valence-corrected chi connectivity index (χ2v) is 5.20. The average Bonchev–Trinajstić information content (AvgIpc) is 2.29. The fourth-order valence-corrected chi connectivity index (χ4v) is 2.12. The molecule has 16 heavy (non-hydrogen) atoms. The van der Waals surface area contributed by atoms with Crippen LogP contribution in [0.25, 0.3) is 0 Å². The predicted molar refractivity (Wildman–Crippen MR) is 72.2 cm³/mol. The number of hydrogen-bond acceptors (Lipinski definition) is 1. The van der Waals surface area contributed by atoms with Gasteiger partial charge in [-0.15, -0.1) is 0 Å². The van der Waals surface area contributed by atoms with E-state index in [1.165, 1.54) is 0 Å². The molecule has 0 saturated heterocycles. The highest BCUT2D eigenvalue weighted by Crippen LogP contribution is 2.25. The lowest BCUT2D eigenvalue weighted by atomic mass is 9.94. The summed E-state index contributed by atoms with van der Waals surface area (Å²) in [4.78, 5) is 12.0. The van der Waals surface area contributed by atoms with Crippen molar-refractivity contribution in [3.8, 4) is 0 Å². The quantitative estimate of drug-likeness (QED) is 0.691. The molecule has 0 heterocycles. The van der Waals surface area contributed by atoms with E-state index in [-0.39, 0.29) is 5.78 Å². The molecule has 0 amide bonds. The van der Waals surface area contributed by atoms with Gasteiger partial charge in [-0.25, -0.2) is 0 Å². The van der Waals surface area contributed by atoms with Crippen LogP contribution in [0.1, 0.15) is 43.5 Å². The molecule has 0 bridgehead atoms. The minimum atomic E-state index is 0.200. The first-order valence-electron chi connectivity index (χ1n) is 5.56. The lowest BCUT2D eigenvalue weighted by Gasteiger charge is -2.11. The number of Topliss-reactive ketones (excluding diaryl/α,β-unsaturated/α-hetero) is 1. The van der Waals surface area contributed by atoms with Crippen LogP contribution < -0.4 is 0 Å². The molecular formula is C13H16BrClO. The minimum Gasteiger partial charge on any atom is -0.294 e. The van der Waals surface area contributed by atoms with Crippen LogP contribution in [0.4, 0.5) is 0 Å². The smallest absolute Gasteiger partial charge is 0.163 e. The van der Waals surface area contributed by atoms with E-state index in [2.05, 4.69) is 29.8 Å². The molecule has 0 aromatic heterocycles. The molecule has 0 N–H and O–H groups in total. The maximum Gasteiger partial charge on any atom is 0.163 e. The number of benzene rings is 1. The van der Waals surface area contributed by atoms with Crippen molar-refractivity contribution < 1.29 is 4.79 Å². The van der Waals surface area contributed by atoms with Gasteiger partial charge < -0.3 is 0 Å². The standard InChI is InChI=1S/C13H16BrClO/c1-3-9(4-2)7-13(16)10-5-6-12(15)11(14)8-10/h5-6,8-9H,3-4,7H2,1-2H3. The summed E-state index contributed by atoms with van der Waals surface area (Å²) in [5.41, 5.74) is 0.739. The van der Waals surface area contributed by atoms with Crippen LogP contribution in [0.5, 0.6) is 0 Å². The van der Waals surface area contributed by atoms with Crippen molar-refractivity contribution in [2.75, 3.05) is 0 Å². The van der Waals surface area contributed by atoms with Crippen LogP contribution in [-0.4, -0.2) is 5.78 Å². The van der Waals surface area contributed by atoms with Gasteiger partial charge in [-0.3, -0.25) is 4.79 Å². The number of ketones is 1. The monoisotopic (exact) mass is 302 g/mol. The summed E-state index contributed by atoms with van der Waals surface area (Å²) < 4.78 is 0.782. The van der Waals surface area contributed by atoms with E-state index in [1.54, 1.807) is 18.2 Å². The number of hydrogen-bond donors (Lipinski definition) is 0. The Labute approximate surface area is 110 Å². The van der Waals surface area contributed by atoms with Gasteiger partial charge in [-0.2, -0.15) is 0 Å². The summed E-state index contributed by atoms with van der Waals surface area (Å²) in [5, 5.41) is 0.638. The second-order valence-electron chi connectivity index (χ2n) is 3.94. The fourth-order valence-electron chi connectivity index (χ4n) is 1.63. The van der Waals surface area contributed by atoms with E-state index >= 15 is 0 Å². The normalized spacial score (nSPS) is 10.8. The Balaban J connectivity index is 2.76. The van der Waals surface area contributed by atoms with E-state index in [1.807, 2.05) is 0 Å². The molecule has 1 aromatic carbocycles. The number of halogens is 2. The van der Waals surface area contributed by atoms with E-state index in [9.17, 15) is 4.79 Å². The van der Waals surface area contributed by atoms with Gasteiger partial charge in [0.15, 0.2) is 5.78 Å². The summed E-state index contributed by atoms with van der Waals surface area (Å²) >= 11 is 9.22. The molecular weight excluding hydrogens is 287 g/mol. The van der Waals surface area contributed by atoms with Crippen molar-refractivity contribution in [3.63, 3.8) is 0 Å². The van der Waals surface area contributed by atoms with Gasteiger partial charge in [0.05, 0.1) is 5.02 Å².